The topological polar surface area (TPSA) is 51.7 Å². The van der Waals surface area contributed by atoms with Crippen molar-refractivity contribution >= 4 is 16.8 Å². The lowest BCUT2D eigenvalue weighted by Gasteiger charge is -2.23. The molecule has 0 bridgehead atoms. The fourth-order valence-corrected chi connectivity index (χ4v) is 3.57. The molecule has 0 saturated carbocycles. The first-order valence-electron chi connectivity index (χ1n) is 10.9. The SMILES string of the molecule is CCCCOc1c(C)c(CN(CCc2ccc(OC)cc2)C(C)=O)nc2ccccc12. The van der Waals surface area contributed by atoms with Crippen molar-refractivity contribution in [1.29, 1.82) is 0 Å². The molecule has 0 atom stereocenters. The summed E-state index contributed by atoms with van der Waals surface area (Å²) in [7, 11) is 1.66. The molecule has 164 valence electrons. The minimum Gasteiger partial charge on any atom is -0.497 e. The summed E-state index contributed by atoms with van der Waals surface area (Å²) in [6.07, 6.45) is 2.86. The number of fused-ring (bicyclic) bond motifs is 1. The molecule has 0 radical (unpaired) electrons. The normalized spacial score (nSPS) is 10.8. The zero-order valence-corrected chi connectivity index (χ0v) is 19.0. The number of ether oxygens (including phenoxy) is 2. The number of benzene rings is 2. The van der Waals surface area contributed by atoms with Gasteiger partial charge in [0.2, 0.25) is 5.91 Å². The minimum atomic E-state index is 0.0383. The van der Waals surface area contributed by atoms with Crippen molar-refractivity contribution in [3.8, 4) is 11.5 Å². The lowest BCUT2D eigenvalue weighted by atomic mass is 10.1. The maximum atomic E-state index is 12.4. The predicted octanol–water partition coefficient (Wildman–Crippen LogP) is 5.32. The first kappa shape index (κ1) is 22.6. The number of pyridine rings is 1. The van der Waals surface area contributed by atoms with Gasteiger partial charge < -0.3 is 14.4 Å². The summed E-state index contributed by atoms with van der Waals surface area (Å²) in [4.78, 5) is 19.1. The number of methoxy groups -OCH3 is 1. The molecule has 1 aromatic heterocycles. The van der Waals surface area contributed by atoms with Gasteiger partial charge in [-0.15, -0.1) is 0 Å². The molecule has 0 aliphatic carbocycles. The average Bonchev–Trinajstić information content (AvgIpc) is 2.78. The molecule has 5 heteroatoms. The molecule has 1 heterocycles. The van der Waals surface area contributed by atoms with E-state index in [4.69, 9.17) is 14.5 Å². The van der Waals surface area contributed by atoms with Crippen molar-refractivity contribution in [2.75, 3.05) is 20.3 Å². The summed E-state index contributed by atoms with van der Waals surface area (Å²) < 4.78 is 11.4. The summed E-state index contributed by atoms with van der Waals surface area (Å²) in [5.41, 5.74) is 3.95. The third-order valence-electron chi connectivity index (χ3n) is 5.54. The average molecular weight is 421 g/mol. The molecule has 0 spiro atoms. The van der Waals surface area contributed by atoms with Gasteiger partial charge in [-0.25, -0.2) is 0 Å². The molecule has 3 rings (SSSR count). The maximum Gasteiger partial charge on any atom is 0.219 e. The minimum absolute atomic E-state index is 0.0383. The van der Waals surface area contributed by atoms with E-state index in [-0.39, 0.29) is 5.91 Å². The smallest absolute Gasteiger partial charge is 0.219 e. The molecule has 0 N–H and O–H groups in total. The van der Waals surface area contributed by atoms with E-state index < -0.39 is 0 Å². The molecule has 3 aromatic rings. The van der Waals surface area contributed by atoms with Crippen LogP contribution in [0.1, 0.15) is 43.5 Å². The highest BCUT2D eigenvalue weighted by Gasteiger charge is 2.17. The third kappa shape index (κ3) is 5.75. The van der Waals surface area contributed by atoms with Crippen LogP contribution in [0.5, 0.6) is 11.5 Å². The maximum absolute atomic E-state index is 12.4. The van der Waals surface area contributed by atoms with Crippen LogP contribution in [0.25, 0.3) is 10.9 Å². The van der Waals surface area contributed by atoms with E-state index in [2.05, 4.69) is 6.92 Å². The zero-order chi connectivity index (χ0) is 22.2. The lowest BCUT2D eigenvalue weighted by molar-refractivity contribution is -0.129. The van der Waals surface area contributed by atoms with Crippen molar-refractivity contribution in [1.82, 2.24) is 9.88 Å². The summed E-state index contributed by atoms with van der Waals surface area (Å²) in [5, 5.41) is 1.02. The largest absolute Gasteiger partial charge is 0.497 e. The number of aromatic nitrogens is 1. The van der Waals surface area contributed by atoms with Gasteiger partial charge in [0.25, 0.3) is 0 Å². The van der Waals surface area contributed by atoms with E-state index >= 15 is 0 Å². The quantitative estimate of drug-likeness (QED) is 0.417. The van der Waals surface area contributed by atoms with Gasteiger partial charge in [0.1, 0.15) is 11.5 Å². The number of unbranched alkanes of at least 4 members (excludes halogenated alkanes) is 1. The van der Waals surface area contributed by atoms with Crippen molar-refractivity contribution in [3.05, 3.63) is 65.4 Å². The van der Waals surface area contributed by atoms with Crippen LogP contribution >= 0.6 is 0 Å². The van der Waals surface area contributed by atoms with Crippen molar-refractivity contribution < 1.29 is 14.3 Å². The van der Waals surface area contributed by atoms with Gasteiger partial charge in [0.15, 0.2) is 0 Å². The van der Waals surface area contributed by atoms with E-state index in [1.807, 2.05) is 60.4 Å². The molecule has 0 aliphatic rings. The lowest BCUT2D eigenvalue weighted by Crippen LogP contribution is -2.31. The van der Waals surface area contributed by atoms with Gasteiger partial charge in [-0.05, 0) is 49.6 Å². The highest BCUT2D eigenvalue weighted by Crippen LogP contribution is 2.31. The summed E-state index contributed by atoms with van der Waals surface area (Å²) in [6.45, 7) is 7.58. The Morgan fingerprint density at radius 1 is 1.10 bits per heavy atom. The van der Waals surface area contributed by atoms with Gasteiger partial charge in [0.05, 0.1) is 31.5 Å². The second-order valence-electron chi connectivity index (χ2n) is 7.77. The van der Waals surface area contributed by atoms with Gasteiger partial charge in [-0.2, -0.15) is 0 Å². The van der Waals surface area contributed by atoms with E-state index in [0.717, 1.165) is 52.9 Å². The van der Waals surface area contributed by atoms with Crippen LogP contribution in [0.15, 0.2) is 48.5 Å². The second-order valence-corrected chi connectivity index (χ2v) is 7.77. The van der Waals surface area contributed by atoms with Crippen LogP contribution in [0, 0.1) is 6.92 Å². The van der Waals surface area contributed by atoms with E-state index in [0.29, 0.717) is 19.7 Å². The molecule has 2 aromatic carbocycles. The molecule has 0 aliphatic heterocycles. The van der Waals surface area contributed by atoms with Crippen molar-refractivity contribution in [2.45, 2.75) is 46.6 Å². The molecule has 0 unspecified atom stereocenters. The van der Waals surface area contributed by atoms with Crippen LogP contribution < -0.4 is 9.47 Å². The van der Waals surface area contributed by atoms with Crippen LogP contribution in [0.2, 0.25) is 0 Å². The molecule has 1 amide bonds. The first-order valence-corrected chi connectivity index (χ1v) is 10.9. The second kappa shape index (κ2) is 10.8. The Morgan fingerprint density at radius 3 is 2.52 bits per heavy atom. The van der Waals surface area contributed by atoms with Crippen LogP contribution in [-0.4, -0.2) is 36.1 Å². The van der Waals surface area contributed by atoms with Crippen LogP contribution in [0.3, 0.4) is 0 Å². The number of hydrogen-bond donors (Lipinski definition) is 0. The summed E-state index contributed by atoms with van der Waals surface area (Å²) >= 11 is 0. The van der Waals surface area contributed by atoms with Crippen LogP contribution in [0.4, 0.5) is 0 Å². The Kier molecular flexibility index (Phi) is 7.88. The first-order chi connectivity index (χ1) is 15.0. The monoisotopic (exact) mass is 420 g/mol. The van der Waals surface area contributed by atoms with Gasteiger partial charge in [-0.1, -0.05) is 37.6 Å². The molecule has 0 saturated heterocycles. The molecule has 5 nitrogen and oxygen atoms in total. The van der Waals surface area contributed by atoms with Gasteiger partial charge in [0, 0.05) is 24.4 Å². The third-order valence-corrected chi connectivity index (χ3v) is 5.54. The number of nitrogens with zero attached hydrogens (tertiary/aromatic N) is 2. The van der Waals surface area contributed by atoms with E-state index in [9.17, 15) is 4.79 Å². The van der Waals surface area contributed by atoms with Gasteiger partial charge in [-0.3, -0.25) is 9.78 Å². The van der Waals surface area contributed by atoms with E-state index in [1.165, 1.54) is 5.56 Å². The summed E-state index contributed by atoms with van der Waals surface area (Å²) in [6, 6.07) is 16.0. The van der Waals surface area contributed by atoms with Crippen molar-refractivity contribution in [3.63, 3.8) is 0 Å². The standard InChI is InChI=1S/C26H32N2O3/c1-5-6-17-31-26-19(2)25(27-24-10-8-7-9-23(24)26)18-28(20(3)29)16-15-21-11-13-22(30-4)14-12-21/h7-14H,5-6,15-18H2,1-4H3. The molecule has 0 fully saturated rings. The Morgan fingerprint density at radius 2 is 1.84 bits per heavy atom. The van der Waals surface area contributed by atoms with Crippen molar-refractivity contribution in [2.24, 2.45) is 0 Å². The van der Waals surface area contributed by atoms with Crippen LogP contribution in [-0.2, 0) is 17.8 Å². The number of carbonyl (C=O) groups excluding carboxylic acids is 1. The fourth-order valence-electron chi connectivity index (χ4n) is 3.57. The molecular formula is C26H32N2O3. The summed E-state index contributed by atoms with van der Waals surface area (Å²) in [5.74, 6) is 1.75. The zero-order valence-electron chi connectivity index (χ0n) is 19.0. The van der Waals surface area contributed by atoms with E-state index in [1.54, 1.807) is 14.0 Å². The number of amides is 1. The molecular weight excluding hydrogens is 388 g/mol. The highest BCUT2D eigenvalue weighted by molar-refractivity contribution is 5.86. The Balaban J connectivity index is 1.82. The highest BCUT2D eigenvalue weighted by atomic mass is 16.5. The Labute approximate surface area is 185 Å². The predicted molar refractivity (Wildman–Crippen MR) is 125 cm³/mol. The number of rotatable bonds is 10. The van der Waals surface area contributed by atoms with Gasteiger partial charge >= 0.3 is 0 Å². The Hall–Kier alpha value is -3.08. The fraction of sp³-hybridized carbons (Fsp3) is 0.385. The number of hydrogen-bond acceptors (Lipinski definition) is 4. The number of carbonyl (C=O) groups is 1. The molecule has 31 heavy (non-hydrogen) atoms. The number of para-hydroxylation sites is 1. The Bertz CT molecular complexity index is 1020.